The molecule has 130 valence electrons. The van der Waals surface area contributed by atoms with E-state index in [-0.39, 0.29) is 10.3 Å². The third-order valence-corrected chi connectivity index (χ3v) is 5.48. The Hall–Kier alpha value is -0.510. The Bertz CT molecular complexity index is 362. The Balaban J connectivity index is 5.16. The van der Waals surface area contributed by atoms with Crippen molar-refractivity contribution in [1.29, 1.82) is 0 Å². The van der Waals surface area contributed by atoms with Gasteiger partial charge in [-0.15, -0.1) is 11.8 Å². The highest BCUT2D eigenvalue weighted by Gasteiger charge is 2.31. The second-order valence-corrected chi connectivity index (χ2v) is 8.26. The second kappa shape index (κ2) is 10.3. The monoisotopic (exact) mass is 333 g/mol. The normalized spacial score (nSPS) is 14.3. The topological polar surface area (TPSA) is 3.24 Å². The van der Waals surface area contributed by atoms with Crippen molar-refractivity contribution < 1.29 is 8.78 Å². The lowest BCUT2D eigenvalue weighted by Crippen LogP contribution is -2.29. The summed E-state index contributed by atoms with van der Waals surface area (Å²) in [4.78, 5) is 1.91. The van der Waals surface area contributed by atoms with Crippen molar-refractivity contribution in [2.75, 3.05) is 14.1 Å². The van der Waals surface area contributed by atoms with Crippen molar-refractivity contribution in [2.24, 2.45) is 5.92 Å². The van der Waals surface area contributed by atoms with E-state index in [0.717, 1.165) is 11.4 Å². The molecule has 0 bridgehead atoms. The molecule has 1 unspecified atom stereocenters. The largest absolute Gasteiger partial charge is 0.372 e. The number of nitrogens with zero attached hydrogens (tertiary/aromatic N) is 1. The van der Waals surface area contributed by atoms with Crippen LogP contribution in [0.1, 0.15) is 59.8 Å². The van der Waals surface area contributed by atoms with Crippen LogP contribution in [0.2, 0.25) is 0 Å². The van der Waals surface area contributed by atoms with Crippen LogP contribution >= 0.6 is 11.8 Å². The van der Waals surface area contributed by atoms with Crippen LogP contribution in [-0.2, 0) is 0 Å². The molecule has 0 heterocycles. The van der Waals surface area contributed by atoms with E-state index in [4.69, 9.17) is 0 Å². The zero-order valence-electron chi connectivity index (χ0n) is 15.1. The molecule has 22 heavy (non-hydrogen) atoms. The van der Waals surface area contributed by atoms with Gasteiger partial charge in [0, 0.05) is 24.4 Å². The number of alkyl halides is 2. The summed E-state index contributed by atoms with van der Waals surface area (Å²) < 4.78 is 25.5. The maximum absolute atomic E-state index is 12.8. The van der Waals surface area contributed by atoms with E-state index < -0.39 is 6.43 Å². The lowest BCUT2D eigenvalue weighted by atomic mass is 9.86. The highest BCUT2D eigenvalue weighted by atomic mass is 32.2. The Morgan fingerprint density at radius 2 is 1.77 bits per heavy atom. The van der Waals surface area contributed by atoms with Crippen molar-refractivity contribution in [2.45, 2.75) is 71.0 Å². The minimum atomic E-state index is -2.50. The van der Waals surface area contributed by atoms with E-state index in [1.807, 2.05) is 19.0 Å². The lowest BCUT2D eigenvalue weighted by molar-refractivity contribution is 0.194. The number of rotatable bonds is 11. The van der Waals surface area contributed by atoms with Crippen LogP contribution in [-0.4, -0.2) is 30.2 Å². The minimum Gasteiger partial charge on any atom is -0.372 e. The third-order valence-electron chi connectivity index (χ3n) is 3.92. The smallest absolute Gasteiger partial charge is 0.263 e. The van der Waals surface area contributed by atoms with E-state index in [2.05, 4.69) is 34.3 Å². The number of thioether (sulfide) groups is 1. The molecule has 0 radical (unpaired) electrons. The average molecular weight is 334 g/mol. The zero-order valence-corrected chi connectivity index (χ0v) is 15.9. The standard InChI is InChI=1S/C18H33F2NS/c1-8-10-12-15(11-9-2)18(4,5)22-16(21(6)7)13-14(3)17(19)20/h13,15,17H,3,8-12H2,1-2,4-7H3/b16-13+. The molecule has 0 aliphatic rings. The van der Waals surface area contributed by atoms with E-state index in [9.17, 15) is 8.78 Å². The summed E-state index contributed by atoms with van der Waals surface area (Å²) >= 11 is 1.69. The predicted octanol–water partition coefficient (Wildman–Crippen LogP) is 6.33. The van der Waals surface area contributed by atoms with Gasteiger partial charge >= 0.3 is 0 Å². The Kier molecular flexibility index (Phi) is 10.1. The summed E-state index contributed by atoms with van der Waals surface area (Å²) in [5.74, 6) is 0.589. The van der Waals surface area contributed by atoms with Crippen LogP contribution in [0.5, 0.6) is 0 Å². The number of allylic oxidation sites excluding steroid dienone is 2. The van der Waals surface area contributed by atoms with Gasteiger partial charge in [0.2, 0.25) is 0 Å². The summed E-state index contributed by atoms with van der Waals surface area (Å²) in [6.45, 7) is 12.4. The first-order chi connectivity index (χ1) is 10.2. The Morgan fingerprint density at radius 3 is 2.18 bits per heavy atom. The van der Waals surface area contributed by atoms with Gasteiger partial charge in [0.25, 0.3) is 6.43 Å². The van der Waals surface area contributed by atoms with E-state index in [0.29, 0.717) is 5.92 Å². The van der Waals surface area contributed by atoms with Gasteiger partial charge in [-0.25, -0.2) is 8.78 Å². The van der Waals surface area contributed by atoms with Crippen LogP contribution < -0.4 is 0 Å². The van der Waals surface area contributed by atoms with E-state index >= 15 is 0 Å². The van der Waals surface area contributed by atoms with Gasteiger partial charge in [0.05, 0.1) is 5.03 Å². The molecule has 0 aromatic heterocycles. The van der Waals surface area contributed by atoms with Crippen molar-refractivity contribution in [3.05, 3.63) is 23.3 Å². The molecule has 0 rings (SSSR count). The quantitative estimate of drug-likeness (QED) is 0.406. The number of halogens is 2. The third kappa shape index (κ3) is 7.66. The van der Waals surface area contributed by atoms with Crippen molar-refractivity contribution in [1.82, 2.24) is 4.90 Å². The molecule has 0 fully saturated rings. The Labute approximate surface area is 140 Å². The molecule has 0 saturated heterocycles. The van der Waals surface area contributed by atoms with Gasteiger partial charge in [0.1, 0.15) is 0 Å². The van der Waals surface area contributed by atoms with Gasteiger partial charge in [-0.1, -0.05) is 53.5 Å². The maximum Gasteiger partial charge on any atom is 0.263 e. The zero-order chi connectivity index (χ0) is 17.3. The van der Waals surface area contributed by atoms with Gasteiger partial charge < -0.3 is 4.90 Å². The summed E-state index contributed by atoms with van der Waals surface area (Å²) in [6.07, 6.45) is 4.98. The van der Waals surface area contributed by atoms with Crippen LogP contribution in [0.25, 0.3) is 0 Å². The van der Waals surface area contributed by atoms with Crippen LogP contribution in [0.4, 0.5) is 8.78 Å². The maximum atomic E-state index is 12.8. The molecule has 0 aromatic carbocycles. The van der Waals surface area contributed by atoms with Gasteiger partial charge in [0.15, 0.2) is 0 Å². The molecular formula is C18H33F2NS. The molecule has 1 atom stereocenters. The molecule has 0 saturated carbocycles. The summed E-state index contributed by atoms with van der Waals surface area (Å²) in [6, 6.07) is 0. The van der Waals surface area contributed by atoms with Crippen LogP contribution in [0.3, 0.4) is 0 Å². The first-order valence-electron chi connectivity index (χ1n) is 8.20. The summed E-state index contributed by atoms with van der Waals surface area (Å²) in [5.41, 5.74) is -0.118. The molecule has 0 N–H and O–H groups in total. The number of hydrogen-bond acceptors (Lipinski definition) is 2. The van der Waals surface area contributed by atoms with Crippen LogP contribution in [0, 0.1) is 5.92 Å². The van der Waals surface area contributed by atoms with E-state index in [1.54, 1.807) is 11.8 Å². The Morgan fingerprint density at radius 1 is 1.18 bits per heavy atom. The average Bonchev–Trinajstić information content (AvgIpc) is 2.41. The second-order valence-electron chi connectivity index (χ2n) is 6.59. The molecule has 1 nitrogen and oxygen atoms in total. The molecule has 0 spiro atoms. The molecule has 0 aliphatic heterocycles. The van der Waals surface area contributed by atoms with Crippen molar-refractivity contribution in [3.8, 4) is 0 Å². The summed E-state index contributed by atoms with van der Waals surface area (Å²) in [7, 11) is 3.79. The van der Waals surface area contributed by atoms with Crippen molar-refractivity contribution in [3.63, 3.8) is 0 Å². The lowest BCUT2D eigenvalue weighted by Gasteiger charge is -2.36. The summed E-state index contributed by atoms with van der Waals surface area (Å²) in [5, 5.41) is 0.855. The highest BCUT2D eigenvalue weighted by molar-refractivity contribution is 8.04. The van der Waals surface area contributed by atoms with Gasteiger partial charge in [-0.05, 0) is 24.8 Å². The number of hydrogen-bond donors (Lipinski definition) is 0. The minimum absolute atomic E-state index is 0.0175. The number of unbranched alkanes of at least 4 members (excludes halogenated alkanes) is 1. The van der Waals surface area contributed by atoms with E-state index in [1.165, 1.54) is 31.8 Å². The molecule has 0 aliphatic carbocycles. The van der Waals surface area contributed by atoms with Crippen LogP contribution in [0.15, 0.2) is 23.3 Å². The molecular weight excluding hydrogens is 300 g/mol. The highest BCUT2D eigenvalue weighted by Crippen LogP contribution is 2.43. The van der Waals surface area contributed by atoms with Crippen molar-refractivity contribution >= 4 is 11.8 Å². The predicted molar refractivity (Wildman–Crippen MR) is 96.5 cm³/mol. The SMILES string of the molecule is C=C(/C=C(/SC(C)(C)C(CCC)CCCC)N(C)C)C(F)F. The molecule has 0 aromatic rings. The fourth-order valence-electron chi connectivity index (χ4n) is 2.46. The van der Waals surface area contributed by atoms with Gasteiger partial charge in [-0.2, -0.15) is 0 Å². The fourth-order valence-corrected chi connectivity index (χ4v) is 3.80. The fraction of sp³-hybridized carbons (Fsp3) is 0.778. The first kappa shape index (κ1) is 21.5. The molecule has 4 heteroatoms. The first-order valence-corrected chi connectivity index (χ1v) is 9.02. The van der Waals surface area contributed by atoms with Gasteiger partial charge in [-0.3, -0.25) is 0 Å². The molecule has 0 amide bonds.